The lowest BCUT2D eigenvalue weighted by Crippen LogP contribution is -2.30. The SMILES string of the molecule is COc1cc(/C=N\NC(=O)[C@H]2CC(=O)N(c3ccc(Cl)cc3)C2)ccc1OCc1ccccc1. The Morgan fingerprint density at radius 2 is 1.88 bits per heavy atom. The lowest BCUT2D eigenvalue weighted by Gasteiger charge is -2.16. The van der Waals surface area contributed by atoms with E-state index in [1.165, 1.54) is 6.21 Å². The topological polar surface area (TPSA) is 80.2 Å². The molecule has 1 N–H and O–H groups in total. The fourth-order valence-electron chi connectivity index (χ4n) is 3.63. The fourth-order valence-corrected chi connectivity index (χ4v) is 3.76. The Hall–Kier alpha value is -3.84. The summed E-state index contributed by atoms with van der Waals surface area (Å²) in [6.45, 7) is 0.719. The minimum absolute atomic E-state index is 0.109. The van der Waals surface area contributed by atoms with Gasteiger partial charge in [0.2, 0.25) is 11.8 Å². The van der Waals surface area contributed by atoms with E-state index in [0.29, 0.717) is 29.7 Å². The van der Waals surface area contributed by atoms with E-state index in [1.807, 2.05) is 36.4 Å². The summed E-state index contributed by atoms with van der Waals surface area (Å²) < 4.78 is 11.3. The van der Waals surface area contributed by atoms with E-state index < -0.39 is 5.92 Å². The maximum absolute atomic E-state index is 12.5. The van der Waals surface area contributed by atoms with Crippen LogP contribution < -0.4 is 19.8 Å². The van der Waals surface area contributed by atoms with E-state index in [-0.39, 0.29) is 18.2 Å². The number of halogens is 1. The zero-order chi connectivity index (χ0) is 23.9. The van der Waals surface area contributed by atoms with Crippen LogP contribution in [0.15, 0.2) is 77.9 Å². The minimum Gasteiger partial charge on any atom is -0.493 e. The van der Waals surface area contributed by atoms with Gasteiger partial charge in [-0.15, -0.1) is 0 Å². The van der Waals surface area contributed by atoms with Gasteiger partial charge in [0.25, 0.3) is 0 Å². The first kappa shape index (κ1) is 23.3. The molecule has 4 rings (SSSR count). The van der Waals surface area contributed by atoms with E-state index in [2.05, 4.69) is 10.5 Å². The van der Waals surface area contributed by atoms with Crippen molar-refractivity contribution in [3.05, 3.63) is 88.9 Å². The molecule has 1 saturated heterocycles. The highest BCUT2D eigenvalue weighted by molar-refractivity contribution is 6.30. The van der Waals surface area contributed by atoms with Crippen molar-refractivity contribution in [2.75, 3.05) is 18.6 Å². The number of methoxy groups -OCH3 is 1. The fraction of sp³-hybridized carbons (Fsp3) is 0.192. The average Bonchev–Trinajstić information content (AvgIpc) is 3.25. The number of carbonyl (C=O) groups is 2. The van der Waals surface area contributed by atoms with Crippen molar-refractivity contribution in [3.63, 3.8) is 0 Å². The molecule has 0 aliphatic carbocycles. The van der Waals surface area contributed by atoms with Crippen molar-refractivity contribution in [3.8, 4) is 11.5 Å². The molecule has 0 saturated carbocycles. The summed E-state index contributed by atoms with van der Waals surface area (Å²) in [5.74, 6) is 0.271. The molecule has 7 nitrogen and oxygen atoms in total. The molecule has 34 heavy (non-hydrogen) atoms. The van der Waals surface area contributed by atoms with Crippen molar-refractivity contribution in [1.29, 1.82) is 0 Å². The molecule has 8 heteroatoms. The molecule has 0 unspecified atom stereocenters. The zero-order valence-corrected chi connectivity index (χ0v) is 19.4. The van der Waals surface area contributed by atoms with Crippen LogP contribution in [-0.2, 0) is 16.2 Å². The predicted molar refractivity (Wildman–Crippen MR) is 131 cm³/mol. The number of anilines is 1. The summed E-state index contributed by atoms with van der Waals surface area (Å²) in [6.07, 6.45) is 1.65. The average molecular weight is 478 g/mol. The Kier molecular flexibility index (Phi) is 7.44. The number of hydrazone groups is 1. The molecular formula is C26H24ClN3O4. The number of rotatable bonds is 8. The first-order valence-electron chi connectivity index (χ1n) is 10.8. The lowest BCUT2D eigenvalue weighted by atomic mass is 10.1. The number of amides is 2. The monoisotopic (exact) mass is 477 g/mol. The largest absolute Gasteiger partial charge is 0.493 e. The van der Waals surface area contributed by atoms with Crippen LogP contribution >= 0.6 is 11.6 Å². The smallest absolute Gasteiger partial charge is 0.245 e. The summed E-state index contributed by atoms with van der Waals surface area (Å²) in [7, 11) is 1.57. The minimum atomic E-state index is -0.483. The summed E-state index contributed by atoms with van der Waals surface area (Å²) in [4.78, 5) is 26.5. The maximum atomic E-state index is 12.5. The van der Waals surface area contributed by atoms with Gasteiger partial charge in [0.05, 0.1) is 19.2 Å². The molecule has 0 radical (unpaired) electrons. The van der Waals surface area contributed by atoms with Gasteiger partial charge in [0.15, 0.2) is 11.5 Å². The number of benzene rings is 3. The summed E-state index contributed by atoms with van der Waals surface area (Å²) in [5, 5.41) is 4.64. The number of nitrogens with one attached hydrogen (secondary N) is 1. The Balaban J connectivity index is 1.33. The Morgan fingerprint density at radius 1 is 1.12 bits per heavy atom. The van der Waals surface area contributed by atoms with Gasteiger partial charge in [0, 0.05) is 23.7 Å². The molecule has 3 aromatic carbocycles. The van der Waals surface area contributed by atoms with Gasteiger partial charge in [-0.25, -0.2) is 5.43 Å². The number of hydrogen-bond donors (Lipinski definition) is 1. The van der Waals surface area contributed by atoms with Crippen LogP contribution in [0.3, 0.4) is 0 Å². The number of nitrogens with zero attached hydrogens (tertiary/aromatic N) is 2. The molecule has 1 heterocycles. The molecule has 0 spiro atoms. The third kappa shape index (κ3) is 5.74. The van der Waals surface area contributed by atoms with Gasteiger partial charge < -0.3 is 14.4 Å². The molecule has 0 bridgehead atoms. The first-order valence-corrected chi connectivity index (χ1v) is 11.1. The molecule has 0 aromatic heterocycles. The van der Waals surface area contributed by atoms with Crippen LogP contribution in [-0.4, -0.2) is 31.7 Å². The highest BCUT2D eigenvalue weighted by atomic mass is 35.5. The van der Waals surface area contributed by atoms with Gasteiger partial charge in [-0.3, -0.25) is 9.59 Å². The van der Waals surface area contributed by atoms with Crippen molar-refractivity contribution < 1.29 is 19.1 Å². The Bertz CT molecular complexity index is 1180. The van der Waals surface area contributed by atoms with Gasteiger partial charge >= 0.3 is 0 Å². The first-order chi connectivity index (χ1) is 16.5. The molecule has 3 aromatic rings. The van der Waals surface area contributed by atoms with Gasteiger partial charge in [-0.05, 0) is 53.6 Å². The van der Waals surface area contributed by atoms with Crippen LogP contribution in [0, 0.1) is 5.92 Å². The quantitative estimate of drug-likeness (QED) is 0.384. The van der Waals surface area contributed by atoms with Crippen LogP contribution in [0.2, 0.25) is 5.02 Å². The van der Waals surface area contributed by atoms with E-state index >= 15 is 0 Å². The second-order valence-corrected chi connectivity index (χ2v) is 8.24. The van der Waals surface area contributed by atoms with E-state index in [0.717, 1.165) is 16.8 Å². The van der Waals surface area contributed by atoms with Crippen molar-refractivity contribution in [1.82, 2.24) is 5.43 Å². The summed E-state index contributed by atoms with van der Waals surface area (Å²) >= 11 is 5.91. The number of carbonyl (C=O) groups excluding carboxylic acids is 2. The van der Waals surface area contributed by atoms with Crippen molar-refractivity contribution in [2.45, 2.75) is 13.0 Å². The third-order valence-electron chi connectivity index (χ3n) is 5.45. The Morgan fingerprint density at radius 3 is 2.62 bits per heavy atom. The highest BCUT2D eigenvalue weighted by Gasteiger charge is 2.35. The van der Waals surface area contributed by atoms with Crippen LogP contribution in [0.1, 0.15) is 17.5 Å². The van der Waals surface area contributed by atoms with E-state index in [1.54, 1.807) is 48.4 Å². The molecule has 1 atom stereocenters. The van der Waals surface area contributed by atoms with E-state index in [4.69, 9.17) is 21.1 Å². The standard InChI is InChI=1S/C26H24ClN3O4/c1-33-24-13-19(7-12-23(24)34-17-18-5-3-2-4-6-18)15-28-29-26(32)20-14-25(31)30(16-20)22-10-8-21(27)9-11-22/h2-13,15,20H,14,16-17H2,1H3,(H,29,32)/b28-15-/t20-/m0/s1. The number of hydrogen-bond acceptors (Lipinski definition) is 5. The van der Waals surface area contributed by atoms with Gasteiger partial charge in [-0.1, -0.05) is 41.9 Å². The predicted octanol–water partition coefficient (Wildman–Crippen LogP) is 4.43. The molecule has 174 valence electrons. The Labute approximate surface area is 202 Å². The molecular weight excluding hydrogens is 454 g/mol. The van der Waals surface area contributed by atoms with Crippen LogP contribution in [0.5, 0.6) is 11.5 Å². The van der Waals surface area contributed by atoms with Crippen molar-refractivity contribution in [2.24, 2.45) is 11.0 Å². The zero-order valence-electron chi connectivity index (χ0n) is 18.6. The summed E-state index contributed by atoms with van der Waals surface area (Å²) in [5.41, 5.74) is 5.03. The third-order valence-corrected chi connectivity index (χ3v) is 5.70. The lowest BCUT2D eigenvalue weighted by molar-refractivity contribution is -0.126. The molecule has 1 fully saturated rings. The van der Waals surface area contributed by atoms with Gasteiger partial charge in [-0.2, -0.15) is 5.10 Å². The second-order valence-electron chi connectivity index (χ2n) is 7.80. The van der Waals surface area contributed by atoms with Crippen molar-refractivity contribution >= 4 is 35.3 Å². The normalized spacial score (nSPS) is 15.5. The van der Waals surface area contributed by atoms with Gasteiger partial charge in [0.1, 0.15) is 6.61 Å². The highest BCUT2D eigenvalue weighted by Crippen LogP contribution is 2.29. The maximum Gasteiger partial charge on any atom is 0.245 e. The molecule has 2 amide bonds. The molecule has 1 aliphatic rings. The summed E-state index contributed by atoms with van der Waals surface area (Å²) in [6, 6.07) is 22.2. The van der Waals surface area contributed by atoms with E-state index in [9.17, 15) is 9.59 Å². The second kappa shape index (κ2) is 10.9. The van der Waals surface area contributed by atoms with Crippen LogP contribution in [0.4, 0.5) is 5.69 Å². The number of ether oxygens (including phenoxy) is 2. The molecule has 1 aliphatic heterocycles. The van der Waals surface area contributed by atoms with Crippen LogP contribution in [0.25, 0.3) is 0 Å².